The van der Waals surface area contributed by atoms with Crippen LogP contribution in [0.15, 0.2) is 23.3 Å². The van der Waals surface area contributed by atoms with Crippen LogP contribution in [0.1, 0.15) is 99.3 Å². The zero-order valence-electron chi connectivity index (χ0n) is 34.8. The second-order valence-electron chi connectivity index (χ2n) is 19.0. The quantitative estimate of drug-likeness (QED) is 0.166. The van der Waals surface area contributed by atoms with E-state index in [1.54, 1.807) is 13.8 Å². The van der Waals surface area contributed by atoms with Crippen molar-refractivity contribution in [1.29, 1.82) is 0 Å². The number of carbonyl (C=O) groups is 6. The summed E-state index contributed by atoms with van der Waals surface area (Å²) in [7, 11) is 2.56. The van der Waals surface area contributed by atoms with Crippen molar-refractivity contribution in [2.45, 2.75) is 118 Å². The van der Waals surface area contributed by atoms with Gasteiger partial charge in [0.2, 0.25) is 5.91 Å². The number of hydrogen-bond donors (Lipinski definition) is 4. The molecular weight excluding hydrogens is 734 g/mol. The molecule has 0 saturated heterocycles. The second-order valence-corrected chi connectivity index (χ2v) is 19.0. The van der Waals surface area contributed by atoms with Gasteiger partial charge in [-0.2, -0.15) is 0 Å². The molecule has 13 heteroatoms. The first-order valence-corrected chi connectivity index (χ1v) is 20.9. The first kappa shape index (κ1) is 43.2. The van der Waals surface area contributed by atoms with Crippen LogP contribution >= 0.6 is 0 Å². The number of hydrogen-bond acceptors (Lipinski definition) is 12. The van der Waals surface area contributed by atoms with Crippen LogP contribution in [0.4, 0.5) is 0 Å². The molecule has 0 bridgehead atoms. The Bertz CT molecular complexity index is 1740. The van der Waals surface area contributed by atoms with Gasteiger partial charge in [0.05, 0.1) is 26.2 Å². The van der Waals surface area contributed by atoms with Gasteiger partial charge in [-0.3, -0.25) is 24.0 Å². The molecule has 0 aromatic rings. The zero-order valence-corrected chi connectivity index (χ0v) is 34.8. The number of methoxy groups -OCH3 is 2. The van der Waals surface area contributed by atoms with Crippen LogP contribution in [0.3, 0.4) is 0 Å². The lowest BCUT2D eigenvalue weighted by Crippen LogP contribution is -2.68. The van der Waals surface area contributed by atoms with Crippen LogP contribution in [0.2, 0.25) is 0 Å². The van der Waals surface area contributed by atoms with Crippen molar-refractivity contribution in [1.82, 2.24) is 5.32 Å². The average Bonchev–Trinajstić information content (AvgIpc) is 3.17. The summed E-state index contributed by atoms with van der Waals surface area (Å²) in [6.45, 7) is 11.2. The summed E-state index contributed by atoms with van der Waals surface area (Å²) in [5, 5.41) is 35.1. The van der Waals surface area contributed by atoms with E-state index in [0.717, 1.165) is 24.0 Å². The van der Waals surface area contributed by atoms with E-state index in [-0.39, 0.29) is 54.9 Å². The Kier molecular flexibility index (Phi) is 11.8. The SMILES string of the molecule is COC(=O)[C@@]1(C)CCC[C@]2(C)C3CC/C(=C\C(=O)O[C@H]4CC[C@]5(C)C6CC/C(=C\C(=O)NCCO)[C@H](C)C6[C@@H](O)C(=O)C5[C@@]4(C)C(=O)OC)[C@H](C)C3[C@@H](O)C(=O)C21. The zero-order chi connectivity index (χ0) is 42.0. The molecule has 6 aliphatic carbocycles. The van der Waals surface area contributed by atoms with E-state index < -0.39 is 87.3 Å². The number of Topliss-reactive ketones (excluding diaryl/α,β-unsaturated/α-hetero) is 2. The minimum Gasteiger partial charge on any atom is -0.469 e. The highest BCUT2D eigenvalue weighted by Crippen LogP contribution is 2.66. The number of allylic oxidation sites excluding steroid dienone is 2. The van der Waals surface area contributed by atoms with E-state index in [9.17, 15) is 39.0 Å². The van der Waals surface area contributed by atoms with Crippen LogP contribution in [0.5, 0.6) is 0 Å². The van der Waals surface area contributed by atoms with Gasteiger partial charge < -0.3 is 34.8 Å². The van der Waals surface area contributed by atoms with Crippen molar-refractivity contribution in [3.63, 3.8) is 0 Å². The Hall–Kier alpha value is -3.42. The maximum Gasteiger partial charge on any atom is 0.331 e. The molecule has 1 amide bonds. The maximum atomic E-state index is 14.5. The fourth-order valence-electron chi connectivity index (χ4n) is 13.8. The molecule has 0 aromatic carbocycles. The van der Waals surface area contributed by atoms with Crippen LogP contribution in [-0.4, -0.2) is 96.4 Å². The average molecular weight is 798 g/mol. The summed E-state index contributed by atoms with van der Waals surface area (Å²) in [6.07, 6.45) is 4.08. The van der Waals surface area contributed by atoms with Gasteiger partial charge in [0.15, 0.2) is 11.6 Å². The van der Waals surface area contributed by atoms with Gasteiger partial charge in [-0.25, -0.2) is 4.79 Å². The van der Waals surface area contributed by atoms with Gasteiger partial charge in [-0.05, 0) is 99.7 Å². The lowest BCUT2D eigenvalue weighted by molar-refractivity contribution is -0.214. The van der Waals surface area contributed by atoms with Crippen molar-refractivity contribution >= 4 is 35.4 Å². The third-order valence-corrected chi connectivity index (χ3v) is 16.5. The molecule has 0 radical (unpaired) electrons. The summed E-state index contributed by atoms with van der Waals surface area (Å²) in [5.74, 6) is -6.64. The smallest absolute Gasteiger partial charge is 0.331 e. The molecule has 15 atom stereocenters. The van der Waals surface area contributed by atoms with Gasteiger partial charge in [-0.1, -0.05) is 45.3 Å². The normalized spacial score (nSPS) is 45.5. The van der Waals surface area contributed by atoms with Crippen LogP contribution in [0.25, 0.3) is 0 Å². The molecule has 0 aliphatic heterocycles. The number of rotatable bonds is 7. The van der Waals surface area contributed by atoms with E-state index in [0.29, 0.717) is 38.5 Å². The van der Waals surface area contributed by atoms with Crippen molar-refractivity contribution < 1.29 is 58.3 Å². The minimum atomic E-state index is -1.62. The number of fused-ring (bicyclic) bond motifs is 6. The molecule has 0 heterocycles. The second kappa shape index (κ2) is 15.6. The Morgan fingerprint density at radius 2 is 1.28 bits per heavy atom. The van der Waals surface area contributed by atoms with Gasteiger partial charge in [0.1, 0.15) is 23.7 Å². The number of amides is 1. The van der Waals surface area contributed by atoms with Crippen LogP contribution < -0.4 is 5.32 Å². The van der Waals surface area contributed by atoms with Crippen LogP contribution in [-0.2, 0) is 43.0 Å². The lowest BCUT2D eigenvalue weighted by atomic mass is 9.41. The van der Waals surface area contributed by atoms with E-state index in [2.05, 4.69) is 12.2 Å². The molecule has 316 valence electrons. The van der Waals surface area contributed by atoms with Crippen molar-refractivity contribution in [3.8, 4) is 0 Å². The first-order chi connectivity index (χ1) is 26.8. The molecule has 6 unspecified atom stereocenters. The molecule has 13 nitrogen and oxygen atoms in total. The molecular formula is C44H63NO12. The Balaban J connectivity index is 1.24. The maximum absolute atomic E-state index is 14.5. The molecule has 0 spiro atoms. The molecule has 6 aliphatic rings. The van der Waals surface area contributed by atoms with Crippen molar-refractivity contribution in [2.75, 3.05) is 27.4 Å². The van der Waals surface area contributed by atoms with E-state index in [4.69, 9.17) is 19.3 Å². The molecule has 6 fully saturated rings. The van der Waals surface area contributed by atoms with Gasteiger partial charge in [0, 0.05) is 42.4 Å². The van der Waals surface area contributed by atoms with Crippen LogP contribution in [0, 0.1) is 69.0 Å². The molecule has 4 N–H and O–H groups in total. The third-order valence-electron chi connectivity index (χ3n) is 16.5. The summed E-state index contributed by atoms with van der Waals surface area (Å²) in [4.78, 5) is 82.0. The summed E-state index contributed by atoms with van der Waals surface area (Å²) in [6, 6.07) is 0. The number of ketones is 2. The van der Waals surface area contributed by atoms with Gasteiger partial charge in [0.25, 0.3) is 0 Å². The van der Waals surface area contributed by atoms with Crippen molar-refractivity contribution in [3.05, 3.63) is 23.3 Å². The Morgan fingerprint density at radius 1 is 0.754 bits per heavy atom. The van der Waals surface area contributed by atoms with E-state index >= 15 is 0 Å². The Labute approximate surface area is 335 Å². The lowest BCUT2D eigenvalue weighted by Gasteiger charge is -2.62. The number of aliphatic hydroxyl groups is 3. The van der Waals surface area contributed by atoms with Crippen molar-refractivity contribution in [2.24, 2.45) is 69.0 Å². The fraction of sp³-hybridized carbons (Fsp3) is 0.773. The summed E-state index contributed by atoms with van der Waals surface area (Å²) >= 11 is 0. The molecule has 57 heavy (non-hydrogen) atoms. The first-order valence-electron chi connectivity index (χ1n) is 20.9. The predicted molar refractivity (Wildman–Crippen MR) is 205 cm³/mol. The summed E-state index contributed by atoms with van der Waals surface area (Å²) < 4.78 is 16.7. The number of nitrogens with one attached hydrogen (secondary N) is 1. The minimum absolute atomic E-state index is 0.0775. The monoisotopic (exact) mass is 797 g/mol. The number of ether oxygens (including phenoxy) is 3. The highest BCUT2D eigenvalue weighted by Gasteiger charge is 2.70. The number of aliphatic hydroxyl groups excluding tert-OH is 3. The summed E-state index contributed by atoms with van der Waals surface area (Å²) in [5.41, 5.74) is -2.42. The largest absolute Gasteiger partial charge is 0.469 e. The Morgan fingerprint density at radius 3 is 1.82 bits per heavy atom. The van der Waals surface area contributed by atoms with Gasteiger partial charge in [-0.15, -0.1) is 0 Å². The van der Waals surface area contributed by atoms with E-state index in [1.807, 2.05) is 20.8 Å². The van der Waals surface area contributed by atoms with Gasteiger partial charge >= 0.3 is 17.9 Å². The molecule has 6 rings (SSSR count). The number of carbonyl (C=O) groups excluding carboxylic acids is 6. The number of esters is 3. The highest BCUT2D eigenvalue weighted by atomic mass is 16.6. The standard InChI is InChI=1S/C44H63NO12/c1-22-24(20-29(47)45-18-19-46)10-12-27-31(22)34(50)36(52)38-42(27,4)17-14-28(44(38,6)40(54)56-8)57-30(48)21-25-11-13-26-32(23(25)2)33(49)35(51)37-41(26,3)15-9-16-43(37,5)39(53)55-7/h20-23,26-28,31-34,37-38,46,49-50H,9-19H2,1-8H3,(H,45,47)/b24-20+,25-21+/t22-,23-,26?,27?,28-,31?,32?,33+,34+,37?,38?,41+,42+,43-,44-/m0/s1. The third kappa shape index (κ3) is 6.62. The van der Waals surface area contributed by atoms with E-state index in [1.165, 1.54) is 26.4 Å². The predicted octanol–water partition coefficient (Wildman–Crippen LogP) is 3.65. The topological polar surface area (TPSA) is 203 Å². The highest BCUT2D eigenvalue weighted by molar-refractivity contribution is 5.95. The molecule has 6 saturated carbocycles. The fourth-order valence-corrected chi connectivity index (χ4v) is 13.8. The molecule has 0 aromatic heterocycles.